The van der Waals surface area contributed by atoms with Gasteiger partial charge in [-0.25, -0.2) is 12.8 Å². The Hall–Kier alpha value is -2.59. The molecule has 0 saturated heterocycles. The summed E-state index contributed by atoms with van der Waals surface area (Å²) < 4.78 is 39.6. The van der Waals surface area contributed by atoms with Crippen molar-refractivity contribution >= 4 is 21.4 Å². The second-order valence-electron chi connectivity index (χ2n) is 4.01. The molecule has 2 aromatic carbocycles. The fourth-order valence-corrected chi connectivity index (χ4v) is 2.69. The number of rotatable bonds is 3. The van der Waals surface area contributed by atoms with Gasteiger partial charge in [-0.15, -0.1) is 0 Å². The van der Waals surface area contributed by atoms with Crippen molar-refractivity contribution < 1.29 is 12.8 Å². The molecule has 102 valence electrons. The van der Waals surface area contributed by atoms with Crippen LogP contribution in [0.2, 0.25) is 0 Å². The van der Waals surface area contributed by atoms with Gasteiger partial charge >= 0.3 is 0 Å². The molecule has 0 spiro atoms. The maximum Gasteiger partial charge on any atom is 0.262 e. The molecule has 0 aromatic heterocycles. The van der Waals surface area contributed by atoms with Gasteiger partial charge in [-0.05, 0) is 42.5 Å². The average Bonchev–Trinajstić information content (AvgIpc) is 2.38. The largest absolute Gasteiger partial charge is 0.399 e. The number of hydrogen-bond donors (Lipinski definition) is 2. The second kappa shape index (κ2) is 5.19. The van der Waals surface area contributed by atoms with E-state index >= 15 is 0 Å². The van der Waals surface area contributed by atoms with Crippen LogP contribution in [0, 0.1) is 17.1 Å². The quantitative estimate of drug-likeness (QED) is 0.846. The summed E-state index contributed by atoms with van der Waals surface area (Å²) in [7, 11) is -3.93. The van der Waals surface area contributed by atoms with Crippen LogP contribution in [0.4, 0.5) is 15.8 Å². The molecule has 2 aromatic rings. The first kappa shape index (κ1) is 13.8. The Morgan fingerprint density at radius 3 is 2.35 bits per heavy atom. The predicted molar refractivity (Wildman–Crippen MR) is 72.8 cm³/mol. The average molecular weight is 291 g/mol. The summed E-state index contributed by atoms with van der Waals surface area (Å²) in [6, 6.07) is 10.8. The number of sulfonamides is 1. The lowest BCUT2D eigenvalue weighted by Crippen LogP contribution is -2.13. The van der Waals surface area contributed by atoms with Crippen LogP contribution in [0.15, 0.2) is 47.4 Å². The smallest absolute Gasteiger partial charge is 0.262 e. The molecule has 0 radical (unpaired) electrons. The van der Waals surface area contributed by atoms with E-state index in [1.165, 1.54) is 24.3 Å². The lowest BCUT2D eigenvalue weighted by Gasteiger charge is -2.08. The van der Waals surface area contributed by atoms with Gasteiger partial charge in [0.15, 0.2) is 0 Å². The van der Waals surface area contributed by atoms with Crippen LogP contribution in [-0.4, -0.2) is 8.42 Å². The first-order valence-corrected chi connectivity index (χ1v) is 6.98. The molecule has 0 fully saturated rings. The third-order valence-electron chi connectivity index (χ3n) is 2.47. The van der Waals surface area contributed by atoms with E-state index in [9.17, 15) is 12.8 Å². The number of nitrogens with two attached hydrogens (primary N) is 1. The van der Waals surface area contributed by atoms with Crippen LogP contribution in [0.1, 0.15) is 5.56 Å². The van der Waals surface area contributed by atoms with E-state index < -0.39 is 15.8 Å². The number of halogens is 1. The van der Waals surface area contributed by atoms with E-state index in [4.69, 9.17) is 11.0 Å². The van der Waals surface area contributed by atoms with Crippen molar-refractivity contribution in [3.63, 3.8) is 0 Å². The molecule has 0 aliphatic carbocycles. The lowest BCUT2D eigenvalue weighted by atomic mass is 10.2. The van der Waals surface area contributed by atoms with Gasteiger partial charge in [0.2, 0.25) is 0 Å². The summed E-state index contributed by atoms with van der Waals surface area (Å²) in [4.78, 5) is -0.264. The predicted octanol–water partition coefficient (Wildman–Crippen LogP) is 2.08. The third-order valence-corrected chi connectivity index (χ3v) is 3.83. The van der Waals surface area contributed by atoms with Crippen LogP contribution in [-0.2, 0) is 10.0 Å². The summed E-state index contributed by atoms with van der Waals surface area (Å²) in [6.07, 6.45) is 0. The molecule has 0 aliphatic heterocycles. The van der Waals surface area contributed by atoms with E-state index in [0.29, 0.717) is 5.56 Å². The number of anilines is 2. The summed E-state index contributed by atoms with van der Waals surface area (Å²) >= 11 is 0. The van der Waals surface area contributed by atoms with E-state index in [-0.39, 0.29) is 16.3 Å². The Morgan fingerprint density at radius 2 is 1.80 bits per heavy atom. The number of nitrogens with one attached hydrogen (secondary N) is 1. The van der Waals surface area contributed by atoms with Crippen molar-refractivity contribution in [3.8, 4) is 6.07 Å². The van der Waals surface area contributed by atoms with Crippen molar-refractivity contribution in [2.75, 3.05) is 10.5 Å². The third kappa shape index (κ3) is 3.05. The Morgan fingerprint density at radius 1 is 1.15 bits per heavy atom. The maximum atomic E-state index is 13.2. The van der Waals surface area contributed by atoms with Crippen molar-refractivity contribution in [1.29, 1.82) is 5.26 Å². The van der Waals surface area contributed by atoms with Crippen LogP contribution >= 0.6 is 0 Å². The van der Waals surface area contributed by atoms with Gasteiger partial charge in [-0.1, -0.05) is 0 Å². The molecule has 20 heavy (non-hydrogen) atoms. The minimum Gasteiger partial charge on any atom is -0.399 e. The zero-order chi connectivity index (χ0) is 14.8. The van der Waals surface area contributed by atoms with E-state index in [1.807, 2.05) is 6.07 Å². The summed E-state index contributed by atoms with van der Waals surface area (Å²) in [5.74, 6) is -0.731. The lowest BCUT2D eigenvalue weighted by molar-refractivity contribution is 0.595. The zero-order valence-corrected chi connectivity index (χ0v) is 11.0. The van der Waals surface area contributed by atoms with E-state index in [1.54, 1.807) is 0 Å². The summed E-state index contributed by atoms with van der Waals surface area (Å²) in [6.45, 7) is 0. The topological polar surface area (TPSA) is 96.0 Å². The first-order chi connectivity index (χ1) is 9.40. The molecule has 0 aliphatic rings. The summed E-state index contributed by atoms with van der Waals surface area (Å²) in [5, 5.41) is 8.66. The van der Waals surface area contributed by atoms with Gasteiger partial charge in [0.05, 0.1) is 16.5 Å². The molecular weight excluding hydrogens is 281 g/mol. The SMILES string of the molecule is N#Cc1ccc(NS(=O)(=O)c2cc(N)cc(F)c2)cc1. The van der Waals surface area contributed by atoms with Gasteiger partial charge in [-0.3, -0.25) is 4.72 Å². The molecule has 5 nitrogen and oxygen atoms in total. The number of benzene rings is 2. The summed E-state index contributed by atoms with van der Waals surface area (Å²) in [5.41, 5.74) is 6.11. The van der Waals surface area contributed by atoms with Crippen LogP contribution in [0.3, 0.4) is 0 Å². The molecule has 0 amide bonds. The molecular formula is C13H10FN3O2S. The number of nitriles is 1. The number of nitrogen functional groups attached to an aromatic ring is 1. The van der Waals surface area contributed by atoms with Crippen molar-refractivity contribution in [3.05, 3.63) is 53.8 Å². The highest BCUT2D eigenvalue weighted by molar-refractivity contribution is 7.92. The van der Waals surface area contributed by atoms with Crippen molar-refractivity contribution in [2.45, 2.75) is 4.90 Å². The highest BCUT2D eigenvalue weighted by atomic mass is 32.2. The molecule has 0 saturated carbocycles. The van der Waals surface area contributed by atoms with Crippen LogP contribution in [0.5, 0.6) is 0 Å². The highest BCUT2D eigenvalue weighted by Crippen LogP contribution is 2.19. The van der Waals surface area contributed by atoms with E-state index in [2.05, 4.69) is 4.72 Å². The van der Waals surface area contributed by atoms with Gasteiger partial charge in [-0.2, -0.15) is 5.26 Å². The van der Waals surface area contributed by atoms with Gasteiger partial charge in [0.25, 0.3) is 10.0 Å². The Labute approximate surface area is 115 Å². The zero-order valence-electron chi connectivity index (χ0n) is 10.2. The van der Waals surface area contributed by atoms with Crippen molar-refractivity contribution in [1.82, 2.24) is 0 Å². The number of hydrogen-bond acceptors (Lipinski definition) is 4. The minimum absolute atomic E-state index is 0.0187. The first-order valence-electron chi connectivity index (χ1n) is 5.50. The fraction of sp³-hybridized carbons (Fsp3) is 0. The molecule has 0 atom stereocenters. The van der Waals surface area contributed by atoms with Crippen LogP contribution < -0.4 is 10.5 Å². The fourth-order valence-electron chi connectivity index (χ4n) is 1.57. The maximum absolute atomic E-state index is 13.2. The van der Waals surface area contributed by atoms with Gasteiger partial charge < -0.3 is 5.73 Å². The second-order valence-corrected chi connectivity index (χ2v) is 5.70. The van der Waals surface area contributed by atoms with Gasteiger partial charge in [0, 0.05) is 11.4 Å². The molecule has 0 unspecified atom stereocenters. The van der Waals surface area contributed by atoms with E-state index in [0.717, 1.165) is 18.2 Å². The van der Waals surface area contributed by atoms with Gasteiger partial charge in [0.1, 0.15) is 5.82 Å². The van der Waals surface area contributed by atoms with Crippen molar-refractivity contribution in [2.24, 2.45) is 0 Å². The van der Waals surface area contributed by atoms with Crippen LogP contribution in [0.25, 0.3) is 0 Å². The molecule has 0 bridgehead atoms. The monoisotopic (exact) mass is 291 g/mol. The Bertz CT molecular complexity index is 760. The molecule has 2 rings (SSSR count). The Balaban J connectivity index is 2.33. The Kier molecular flexibility index (Phi) is 3.59. The highest BCUT2D eigenvalue weighted by Gasteiger charge is 2.15. The number of nitrogens with zero attached hydrogens (tertiary/aromatic N) is 1. The molecule has 0 heterocycles. The molecule has 7 heteroatoms. The molecule has 3 N–H and O–H groups in total. The normalized spacial score (nSPS) is 10.8. The minimum atomic E-state index is -3.93. The standard InChI is InChI=1S/C13H10FN3O2S/c14-10-5-11(16)7-13(6-10)20(18,19)17-12-3-1-9(8-15)2-4-12/h1-7,17H,16H2.